The summed E-state index contributed by atoms with van der Waals surface area (Å²) in [5.41, 5.74) is 3.59. The first-order valence-electron chi connectivity index (χ1n) is 6.53. The maximum atomic E-state index is 10.4. The third-order valence-electron chi connectivity index (χ3n) is 3.42. The van der Waals surface area contributed by atoms with Gasteiger partial charge >= 0.3 is 0 Å². The summed E-state index contributed by atoms with van der Waals surface area (Å²) in [6.45, 7) is 1.87. The molecule has 1 atom stereocenters. The number of aliphatic hydroxyl groups excluding tert-OH is 1. The highest BCUT2D eigenvalue weighted by Gasteiger charge is 2.17. The van der Waals surface area contributed by atoms with Crippen molar-refractivity contribution in [3.8, 4) is 0 Å². The number of nitrogens with zero attached hydrogens (tertiary/aromatic N) is 3. The van der Waals surface area contributed by atoms with Crippen molar-refractivity contribution in [3.05, 3.63) is 46.2 Å². The Balaban J connectivity index is 2.24. The summed E-state index contributed by atoms with van der Waals surface area (Å²) in [5.74, 6) is 0. The van der Waals surface area contributed by atoms with Crippen LogP contribution < -0.4 is 4.90 Å². The van der Waals surface area contributed by atoms with Gasteiger partial charge in [0.15, 0.2) is 0 Å². The lowest BCUT2D eigenvalue weighted by Crippen LogP contribution is -2.11. The van der Waals surface area contributed by atoms with Crippen LogP contribution in [0.5, 0.6) is 0 Å². The van der Waals surface area contributed by atoms with Gasteiger partial charge in [-0.1, -0.05) is 23.7 Å². The van der Waals surface area contributed by atoms with Crippen molar-refractivity contribution in [1.29, 1.82) is 0 Å². The summed E-state index contributed by atoms with van der Waals surface area (Å²) >= 11 is 6.22. The summed E-state index contributed by atoms with van der Waals surface area (Å²) in [5, 5.41) is 15.3. The second-order valence-electron chi connectivity index (χ2n) is 5.18. The van der Waals surface area contributed by atoms with E-state index < -0.39 is 6.10 Å². The van der Waals surface area contributed by atoms with E-state index in [1.807, 2.05) is 57.2 Å². The Morgan fingerprint density at radius 1 is 1.40 bits per heavy atom. The van der Waals surface area contributed by atoms with Crippen LogP contribution in [-0.4, -0.2) is 29.0 Å². The smallest absolute Gasteiger partial charge is 0.0848 e. The van der Waals surface area contributed by atoms with Crippen molar-refractivity contribution in [1.82, 2.24) is 9.78 Å². The monoisotopic (exact) mass is 293 g/mol. The normalized spacial score (nSPS) is 12.5. The molecule has 0 saturated carbocycles. The van der Waals surface area contributed by atoms with Crippen molar-refractivity contribution in [2.24, 2.45) is 7.05 Å². The van der Waals surface area contributed by atoms with Crippen molar-refractivity contribution >= 4 is 17.3 Å². The van der Waals surface area contributed by atoms with Crippen LogP contribution in [0.3, 0.4) is 0 Å². The fourth-order valence-corrected chi connectivity index (χ4v) is 2.45. The lowest BCUT2D eigenvalue weighted by Gasteiger charge is -2.16. The molecule has 0 spiro atoms. The van der Waals surface area contributed by atoms with E-state index in [0.29, 0.717) is 11.4 Å². The number of aryl methyl sites for hydroxylation is 2. The fraction of sp³-hybridized carbons (Fsp3) is 0.400. The summed E-state index contributed by atoms with van der Waals surface area (Å²) < 4.78 is 1.73. The maximum Gasteiger partial charge on any atom is 0.0848 e. The summed E-state index contributed by atoms with van der Waals surface area (Å²) in [7, 11) is 5.80. The molecule has 108 valence electrons. The van der Waals surface area contributed by atoms with Crippen molar-refractivity contribution in [3.63, 3.8) is 0 Å². The second-order valence-corrected chi connectivity index (χ2v) is 5.56. The Labute approximate surface area is 124 Å². The van der Waals surface area contributed by atoms with Crippen LogP contribution in [0, 0.1) is 6.92 Å². The highest BCUT2D eigenvalue weighted by atomic mass is 35.5. The minimum Gasteiger partial charge on any atom is -0.388 e. The molecule has 0 saturated heterocycles. The molecule has 1 aromatic heterocycles. The van der Waals surface area contributed by atoms with Gasteiger partial charge in [-0.25, -0.2) is 0 Å². The van der Waals surface area contributed by atoms with Gasteiger partial charge in [0.25, 0.3) is 0 Å². The third-order valence-corrected chi connectivity index (χ3v) is 3.91. The fourth-order valence-electron chi connectivity index (χ4n) is 2.21. The van der Waals surface area contributed by atoms with Gasteiger partial charge in [-0.2, -0.15) is 5.10 Å². The summed E-state index contributed by atoms with van der Waals surface area (Å²) in [6, 6.07) is 7.87. The molecular weight excluding hydrogens is 274 g/mol. The Bertz CT molecular complexity index is 607. The number of aromatic nitrogens is 2. The molecule has 0 aliphatic carbocycles. The zero-order valence-corrected chi connectivity index (χ0v) is 13.0. The van der Waals surface area contributed by atoms with Gasteiger partial charge < -0.3 is 10.0 Å². The van der Waals surface area contributed by atoms with Gasteiger partial charge in [-0.15, -0.1) is 0 Å². The highest BCUT2D eigenvalue weighted by Crippen LogP contribution is 2.27. The number of halogens is 1. The topological polar surface area (TPSA) is 41.3 Å². The predicted octanol–water partition coefficient (Wildman–Crippen LogP) is 2.72. The van der Waals surface area contributed by atoms with Crippen LogP contribution in [0.25, 0.3) is 0 Å². The number of hydrogen-bond donors (Lipinski definition) is 1. The Morgan fingerprint density at radius 2 is 2.10 bits per heavy atom. The van der Waals surface area contributed by atoms with Crippen LogP contribution in [0.1, 0.15) is 23.1 Å². The zero-order valence-electron chi connectivity index (χ0n) is 12.3. The van der Waals surface area contributed by atoms with Gasteiger partial charge in [0.2, 0.25) is 0 Å². The Hall–Kier alpha value is -1.52. The van der Waals surface area contributed by atoms with Gasteiger partial charge in [-0.3, -0.25) is 4.68 Å². The molecule has 1 N–H and O–H groups in total. The standard InChI is InChI=1S/C15H20ClN3O/c1-10-15(16)13(19(4)17-10)9-14(20)11-6-5-7-12(8-11)18(2)3/h5-8,14,20H,9H2,1-4H3. The molecule has 20 heavy (non-hydrogen) atoms. The molecule has 0 fully saturated rings. The van der Waals surface area contributed by atoms with Crippen molar-refractivity contribution < 1.29 is 5.11 Å². The predicted molar refractivity (Wildman–Crippen MR) is 82.4 cm³/mol. The van der Waals surface area contributed by atoms with E-state index in [-0.39, 0.29) is 0 Å². The van der Waals surface area contributed by atoms with Crippen LogP contribution in [-0.2, 0) is 13.5 Å². The lowest BCUT2D eigenvalue weighted by atomic mass is 10.0. The number of hydrogen-bond acceptors (Lipinski definition) is 3. The van der Waals surface area contributed by atoms with Crippen molar-refractivity contribution in [2.75, 3.05) is 19.0 Å². The van der Waals surface area contributed by atoms with E-state index in [0.717, 1.165) is 22.6 Å². The van der Waals surface area contributed by atoms with E-state index in [9.17, 15) is 5.11 Å². The van der Waals surface area contributed by atoms with Crippen LogP contribution in [0.2, 0.25) is 5.02 Å². The Kier molecular flexibility index (Phi) is 4.35. The lowest BCUT2D eigenvalue weighted by molar-refractivity contribution is 0.176. The average Bonchev–Trinajstić information content (AvgIpc) is 2.65. The molecule has 2 rings (SSSR count). The first-order chi connectivity index (χ1) is 9.40. The number of rotatable bonds is 4. The van der Waals surface area contributed by atoms with Crippen LogP contribution >= 0.6 is 11.6 Å². The second kappa shape index (κ2) is 5.85. The first-order valence-corrected chi connectivity index (χ1v) is 6.91. The molecule has 0 radical (unpaired) electrons. The molecule has 0 aliphatic heterocycles. The Morgan fingerprint density at radius 3 is 2.65 bits per heavy atom. The number of aliphatic hydroxyl groups is 1. The molecular formula is C15H20ClN3O. The third kappa shape index (κ3) is 2.97. The van der Waals surface area contributed by atoms with E-state index in [1.165, 1.54) is 0 Å². The van der Waals surface area contributed by atoms with Gasteiger partial charge in [0.1, 0.15) is 0 Å². The van der Waals surface area contributed by atoms with Crippen LogP contribution in [0.15, 0.2) is 24.3 Å². The van der Waals surface area contributed by atoms with Crippen molar-refractivity contribution in [2.45, 2.75) is 19.4 Å². The van der Waals surface area contributed by atoms with Gasteiger partial charge in [0, 0.05) is 33.3 Å². The van der Waals surface area contributed by atoms with E-state index >= 15 is 0 Å². The summed E-state index contributed by atoms with van der Waals surface area (Å²) in [4.78, 5) is 2.01. The van der Waals surface area contributed by atoms with Gasteiger partial charge in [-0.05, 0) is 24.6 Å². The SMILES string of the molecule is Cc1nn(C)c(CC(O)c2cccc(N(C)C)c2)c1Cl. The molecule has 1 heterocycles. The minimum atomic E-state index is -0.595. The average molecular weight is 294 g/mol. The molecule has 2 aromatic rings. The van der Waals surface area contributed by atoms with E-state index in [1.54, 1.807) is 4.68 Å². The number of benzene rings is 1. The quantitative estimate of drug-likeness (QED) is 0.942. The highest BCUT2D eigenvalue weighted by molar-refractivity contribution is 6.31. The minimum absolute atomic E-state index is 0.451. The molecule has 5 heteroatoms. The molecule has 0 aliphatic rings. The molecule has 1 aromatic carbocycles. The van der Waals surface area contributed by atoms with E-state index in [4.69, 9.17) is 11.6 Å². The largest absolute Gasteiger partial charge is 0.388 e. The molecule has 4 nitrogen and oxygen atoms in total. The molecule has 1 unspecified atom stereocenters. The maximum absolute atomic E-state index is 10.4. The van der Waals surface area contributed by atoms with E-state index in [2.05, 4.69) is 5.10 Å². The zero-order chi connectivity index (χ0) is 14.9. The first kappa shape index (κ1) is 14.9. The number of anilines is 1. The molecule has 0 bridgehead atoms. The summed E-state index contributed by atoms with van der Waals surface area (Å²) in [6.07, 6.45) is -0.144. The van der Waals surface area contributed by atoms with Crippen LogP contribution in [0.4, 0.5) is 5.69 Å². The van der Waals surface area contributed by atoms with Gasteiger partial charge in [0.05, 0.1) is 22.5 Å². The molecule has 0 amide bonds.